The number of hydrogen-bond acceptors (Lipinski definition) is 3. The summed E-state index contributed by atoms with van der Waals surface area (Å²) in [4.78, 5) is 9.69. The van der Waals surface area contributed by atoms with E-state index in [0.717, 1.165) is 37.4 Å². The average molecular weight is 243 g/mol. The third-order valence-electron chi connectivity index (χ3n) is 3.46. The molecule has 0 saturated carbocycles. The lowest BCUT2D eigenvalue weighted by Crippen LogP contribution is -2.23. The van der Waals surface area contributed by atoms with Gasteiger partial charge in [-0.3, -0.25) is 4.90 Å². The van der Waals surface area contributed by atoms with Crippen molar-refractivity contribution in [3.05, 3.63) is 53.6 Å². The highest BCUT2D eigenvalue weighted by Gasteiger charge is 2.20. The smallest absolute Gasteiger partial charge is 0.120 e. The molecule has 1 aromatic carbocycles. The highest BCUT2D eigenvalue weighted by Crippen LogP contribution is 2.26. The van der Waals surface area contributed by atoms with Crippen LogP contribution in [0.25, 0.3) is 0 Å². The predicted molar refractivity (Wildman–Crippen MR) is 68.7 cm³/mol. The number of benzene rings is 1. The number of rotatable bonds is 2. The lowest BCUT2D eigenvalue weighted by Gasteiger charge is -2.18. The Hall–Kier alpha value is -1.65. The van der Waals surface area contributed by atoms with E-state index in [2.05, 4.69) is 20.9 Å². The topological polar surface area (TPSA) is 52.1 Å². The van der Waals surface area contributed by atoms with E-state index in [1.807, 2.05) is 24.4 Å². The molecule has 1 unspecified atom stereocenters. The summed E-state index contributed by atoms with van der Waals surface area (Å²) in [5.41, 5.74) is 2.29. The maximum Gasteiger partial charge on any atom is 0.120 e. The molecule has 1 aliphatic rings. The maximum atomic E-state index is 10.1. The molecule has 94 valence electrons. The molecule has 4 heteroatoms. The number of fused-ring (bicyclic) bond motifs is 1. The van der Waals surface area contributed by atoms with Gasteiger partial charge in [-0.1, -0.05) is 24.3 Å². The molecule has 0 saturated heterocycles. The van der Waals surface area contributed by atoms with Gasteiger partial charge in [-0.25, -0.2) is 4.98 Å². The normalized spacial score (nSPS) is 20.4. The van der Waals surface area contributed by atoms with Crippen molar-refractivity contribution in [3.63, 3.8) is 0 Å². The van der Waals surface area contributed by atoms with Gasteiger partial charge in [0, 0.05) is 25.5 Å². The number of aromatic nitrogens is 2. The summed E-state index contributed by atoms with van der Waals surface area (Å²) < 4.78 is 0. The zero-order valence-corrected chi connectivity index (χ0v) is 10.2. The number of nitrogens with one attached hydrogen (secondary N) is 1. The van der Waals surface area contributed by atoms with Crippen LogP contribution in [0.5, 0.6) is 0 Å². The fraction of sp³-hybridized carbons (Fsp3) is 0.357. The number of aliphatic hydroxyl groups excluding tert-OH is 1. The summed E-state index contributed by atoms with van der Waals surface area (Å²) >= 11 is 0. The Morgan fingerprint density at radius 1 is 1.39 bits per heavy atom. The van der Waals surface area contributed by atoms with Crippen molar-refractivity contribution >= 4 is 0 Å². The van der Waals surface area contributed by atoms with Gasteiger partial charge in [0.15, 0.2) is 0 Å². The van der Waals surface area contributed by atoms with Gasteiger partial charge >= 0.3 is 0 Å². The molecule has 2 heterocycles. The van der Waals surface area contributed by atoms with E-state index in [9.17, 15) is 5.11 Å². The average Bonchev–Trinajstić information content (AvgIpc) is 2.83. The van der Waals surface area contributed by atoms with Gasteiger partial charge in [0.2, 0.25) is 0 Å². The maximum absolute atomic E-state index is 10.1. The number of aromatic amines is 1. The Morgan fingerprint density at radius 2 is 2.28 bits per heavy atom. The Labute approximate surface area is 106 Å². The summed E-state index contributed by atoms with van der Waals surface area (Å²) in [6, 6.07) is 8.14. The van der Waals surface area contributed by atoms with Crippen molar-refractivity contribution in [2.75, 3.05) is 6.54 Å². The van der Waals surface area contributed by atoms with E-state index in [1.165, 1.54) is 5.56 Å². The molecule has 2 aromatic rings. The van der Waals surface area contributed by atoms with Crippen LogP contribution >= 0.6 is 0 Å². The number of H-pyrrole nitrogens is 1. The molecule has 0 amide bonds. The molecular weight excluding hydrogens is 226 g/mol. The second kappa shape index (κ2) is 4.92. The van der Waals surface area contributed by atoms with Gasteiger partial charge in [-0.15, -0.1) is 0 Å². The Bertz CT molecular complexity index is 510. The highest BCUT2D eigenvalue weighted by molar-refractivity contribution is 5.29. The van der Waals surface area contributed by atoms with E-state index >= 15 is 0 Å². The molecule has 4 nitrogen and oxygen atoms in total. The highest BCUT2D eigenvalue weighted by atomic mass is 16.3. The van der Waals surface area contributed by atoms with Crippen molar-refractivity contribution in [3.8, 4) is 0 Å². The van der Waals surface area contributed by atoms with Gasteiger partial charge in [-0.2, -0.15) is 0 Å². The van der Waals surface area contributed by atoms with Gasteiger partial charge in [-0.05, 0) is 17.5 Å². The molecule has 0 bridgehead atoms. The first-order chi connectivity index (χ1) is 8.83. The van der Waals surface area contributed by atoms with Crippen LogP contribution in [0.2, 0.25) is 0 Å². The number of nitrogens with zero attached hydrogens (tertiary/aromatic N) is 2. The van der Waals surface area contributed by atoms with Crippen molar-refractivity contribution in [1.82, 2.24) is 14.9 Å². The molecular formula is C14H17N3O. The molecule has 0 radical (unpaired) electrons. The summed E-state index contributed by atoms with van der Waals surface area (Å²) in [5.74, 6) is 0.976. The van der Waals surface area contributed by atoms with Gasteiger partial charge < -0.3 is 10.1 Å². The molecule has 1 aromatic heterocycles. The molecule has 1 aliphatic heterocycles. The molecule has 0 spiro atoms. The third-order valence-corrected chi connectivity index (χ3v) is 3.46. The predicted octanol–water partition coefficient (Wildman–Crippen LogP) is 1.85. The first-order valence-corrected chi connectivity index (χ1v) is 6.29. The lowest BCUT2D eigenvalue weighted by atomic mass is 10.0. The van der Waals surface area contributed by atoms with E-state index in [0.29, 0.717) is 0 Å². The monoisotopic (exact) mass is 243 g/mol. The van der Waals surface area contributed by atoms with Crippen LogP contribution in [0.15, 0.2) is 36.7 Å². The second-order valence-electron chi connectivity index (χ2n) is 4.75. The van der Waals surface area contributed by atoms with Crippen LogP contribution in [0.1, 0.15) is 29.5 Å². The van der Waals surface area contributed by atoms with Crippen LogP contribution in [0.4, 0.5) is 0 Å². The number of aliphatic hydroxyl groups is 1. The van der Waals surface area contributed by atoms with E-state index in [-0.39, 0.29) is 6.10 Å². The van der Waals surface area contributed by atoms with Crippen LogP contribution in [-0.2, 0) is 13.1 Å². The lowest BCUT2D eigenvalue weighted by molar-refractivity contribution is 0.149. The van der Waals surface area contributed by atoms with E-state index < -0.39 is 0 Å². The fourth-order valence-electron chi connectivity index (χ4n) is 2.51. The molecule has 2 N–H and O–H groups in total. The van der Waals surface area contributed by atoms with Gasteiger partial charge in [0.05, 0.1) is 12.6 Å². The van der Waals surface area contributed by atoms with Crippen molar-refractivity contribution in [2.24, 2.45) is 0 Å². The van der Waals surface area contributed by atoms with Crippen molar-refractivity contribution < 1.29 is 5.11 Å². The molecule has 3 rings (SSSR count). The van der Waals surface area contributed by atoms with Crippen LogP contribution < -0.4 is 0 Å². The Kier molecular flexibility index (Phi) is 3.13. The first-order valence-electron chi connectivity index (χ1n) is 6.29. The fourth-order valence-corrected chi connectivity index (χ4v) is 2.51. The minimum atomic E-state index is -0.345. The third kappa shape index (κ3) is 2.30. The zero-order chi connectivity index (χ0) is 12.4. The van der Waals surface area contributed by atoms with Crippen LogP contribution in [-0.4, -0.2) is 26.5 Å². The van der Waals surface area contributed by atoms with Crippen LogP contribution in [0.3, 0.4) is 0 Å². The van der Waals surface area contributed by atoms with Crippen LogP contribution in [0, 0.1) is 0 Å². The summed E-state index contributed by atoms with van der Waals surface area (Å²) in [6.45, 7) is 2.55. The number of hydrogen-bond donors (Lipinski definition) is 2. The molecule has 1 atom stereocenters. The SMILES string of the molecule is OC1CCN(Cc2ncc[nH]2)Cc2ccccc21. The largest absolute Gasteiger partial charge is 0.388 e. The van der Waals surface area contributed by atoms with Crippen molar-refractivity contribution in [1.29, 1.82) is 0 Å². The molecule has 0 aliphatic carbocycles. The number of imidazole rings is 1. The van der Waals surface area contributed by atoms with E-state index in [4.69, 9.17) is 0 Å². The summed E-state index contributed by atoms with van der Waals surface area (Å²) in [6.07, 6.45) is 4.05. The standard InChI is InChI=1S/C14H17N3O/c18-13-5-8-17(10-14-15-6-7-16-14)9-11-3-1-2-4-12(11)13/h1-4,6-7,13,18H,5,8-10H2,(H,15,16). The Balaban J connectivity index is 1.80. The summed E-state index contributed by atoms with van der Waals surface area (Å²) in [7, 11) is 0. The minimum absolute atomic E-state index is 0.345. The zero-order valence-electron chi connectivity index (χ0n) is 10.2. The second-order valence-corrected chi connectivity index (χ2v) is 4.75. The van der Waals surface area contributed by atoms with Gasteiger partial charge in [0.25, 0.3) is 0 Å². The molecule has 0 fully saturated rings. The first kappa shape index (κ1) is 11.4. The Morgan fingerprint density at radius 3 is 3.11 bits per heavy atom. The van der Waals surface area contributed by atoms with Gasteiger partial charge in [0.1, 0.15) is 5.82 Å². The quantitative estimate of drug-likeness (QED) is 0.846. The van der Waals surface area contributed by atoms with Crippen molar-refractivity contribution in [2.45, 2.75) is 25.6 Å². The molecule has 18 heavy (non-hydrogen) atoms. The minimum Gasteiger partial charge on any atom is -0.388 e. The summed E-state index contributed by atoms with van der Waals surface area (Å²) in [5, 5.41) is 10.1. The van der Waals surface area contributed by atoms with E-state index in [1.54, 1.807) is 6.20 Å².